The minimum atomic E-state index is -0.359. The van der Waals surface area contributed by atoms with Crippen molar-refractivity contribution in [2.45, 2.75) is 12.8 Å². The van der Waals surface area contributed by atoms with Gasteiger partial charge in [0.1, 0.15) is 5.69 Å². The van der Waals surface area contributed by atoms with Crippen LogP contribution in [-0.2, 0) is 4.74 Å². The number of ether oxygens (including phenoxy) is 1. The van der Waals surface area contributed by atoms with Gasteiger partial charge in [0.15, 0.2) is 0 Å². The Kier molecular flexibility index (Phi) is 4.76. The molecule has 1 saturated carbocycles. The highest BCUT2D eigenvalue weighted by Gasteiger charge is 2.21. The SMILES string of the molecule is CN(CCOCC1CC1)c1ccc(Br)cc1[N+](=O)[O-]. The summed E-state index contributed by atoms with van der Waals surface area (Å²) in [5.41, 5.74) is 0.724. The number of hydrogen-bond acceptors (Lipinski definition) is 4. The van der Waals surface area contributed by atoms with E-state index in [0.717, 1.165) is 12.5 Å². The lowest BCUT2D eigenvalue weighted by Crippen LogP contribution is -2.23. The molecule has 0 N–H and O–H groups in total. The van der Waals surface area contributed by atoms with Crippen LogP contribution in [0.4, 0.5) is 11.4 Å². The lowest BCUT2D eigenvalue weighted by Gasteiger charge is -2.19. The van der Waals surface area contributed by atoms with Crippen LogP contribution in [0.15, 0.2) is 22.7 Å². The van der Waals surface area contributed by atoms with Crippen LogP contribution in [0.25, 0.3) is 0 Å². The third kappa shape index (κ3) is 4.18. The summed E-state index contributed by atoms with van der Waals surface area (Å²) in [6.07, 6.45) is 2.54. The molecule has 6 heteroatoms. The van der Waals surface area contributed by atoms with Crippen molar-refractivity contribution < 1.29 is 9.66 Å². The number of nitrogens with zero attached hydrogens (tertiary/aromatic N) is 2. The van der Waals surface area contributed by atoms with Crippen molar-refractivity contribution in [2.75, 3.05) is 31.7 Å². The highest BCUT2D eigenvalue weighted by molar-refractivity contribution is 9.10. The topological polar surface area (TPSA) is 55.6 Å². The van der Waals surface area contributed by atoms with Gasteiger partial charge in [-0.05, 0) is 30.9 Å². The van der Waals surface area contributed by atoms with E-state index in [-0.39, 0.29) is 10.6 Å². The Bertz CT molecular complexity index is 463. The summed E-state index contributed by atoms with van der Waals surface area (Å²) >= 11 is 3.25. The van der Waals surface area contributed by atoms with Gasteiger partial charge in [0.2, 0.25) is 0 Å². The van der Waals surface area contributed by atoms with Crippen LogP contribution in [0.1, 0.15) is 12.8 Å². The van der Waals surface area contributed by atoms with Gasteiger partial charge in [-0.3, -0.25) is 10.1 Å². The number of rotatable bonds is 7. The van der Waals surface area contributed by atoms with E-state index in [1.165, 1.54) is 18.9 Å². The van der Waals surface area contributed by atoms with Gasteiger partial charge in [0.25, 0.3) is 5.69 Å². The molecule has 0 heterocycles. The van der Waals surface area contributed by atoms with Gasteiger partial charge < -0.3 is 9.64 Å². The fourth-order valence-electron chi connectivity index (χ4n) is 1.82. The fraction of sp³-hybridized carbons (Fsp3) is 0.538. The average Bonchev–Trinajstić information content (AvgIpc) is 3.18. The standard InChI is InChI=1S/C13H17BrN2O3/c1-15(6-7-19-9-10-2-3-10)12-5-4-11(14)8-13(12)16(17)18/h4-5,8,10H,2-3,6-7,9H2,1H3. The smallest absolute Gasteiger partial charge is 0.293 e. The first-order valence-corrected chi connectivity index (χ1v) is 7.10. The third-order valence-electron chi connectivity index (χ3n) is 3.17. The van der Waals surface area contributed by atoms with E-state index in [4.69, 9.17) is 4.74 Å². The molecule has 0 atom stereocenters. The van der Waals surface area contributed by atoms with Crippen LogP contribution < -0.4 is 4.90 Å². The number of halogens is 1. The van der Waals surface area contributed by atoms with Gasteiger partial charge >= 0.3 is 0 Å². The molecule has 0 saturated heterocycles. The molecule has 1 aromatic rings. The molecule has 0 radical (unpaired) electrons. The number of hydrogen-bond donors (Lipinski definition) is 0. The van der Waals surface area contributed by atoms with Gasteiger partial charge in [-0.1, -0.05) is 15.9 Å². The molecule has 0 spiro atoms. The summed E-state index contributed by atoms with van der Waals surface area (Å²) in [5.74, 6) is 0.743. The zero-order valence-corrected chi connectivity index (χ0v) is 12.4. The normalized spacial score (nSPS) is 14.4. The zero-order valence-electron chi connectivity index (χ0n) is 10.8. The molecule has 0 aliphatic heterocycles. The highest BCUT2D eigenvalue weighted by atomic mass is 79.9. The summed E-state index contributed by atoms with van der Waals surface area (Å²) in [6.45, 7) is 2.06. The third-order valence-corrected chi connectivity index (χ3v) is 3.66. The Balaban J connectivity index is 1.92. The monoisotopic (exact) mass is 328 g/mol. The Hall–Kier alpha value is -1.14. The van der Waals surface area contributed by atoms with Gasteiger partial charge in [0.05, 0.1) is 11.5 Å². The average molecular weight is 329 g/mol. The lowest BCUT2D eigenvalue weighted by molar-refractivity contribution is -0.384. The van der Waals surface area contributed by atoms with Crippen LogP contribution in [0.2, 0.25) is 0 Å². The molecule has 19 heavy (non-hydrogen) atoms. The largest absolute Gasteiger partial charge is 0.379 e. The van der Waals surface area contributed by atoms with Crippen molar-refractivity contribution in [3.63, 3.8) is 0 Å². The number of likely N-dealkylation sites (N-methyl/N-ethyl adjacent to an activating group) is 1. The van der Waals surface area contributed by atoms with Crippen molar-refractivity contribution in [1.29, 1.82) is 0 Å². The fourth-order valence-corrected chi connectivity index (χ4v) is 2.17. The van der Waals surface area contributed by atoms with Crippen molar-refractivity contribution in [3.8, 4) is 0 Å². The first kappa shape index (κ1) is 14.3. The first-order chi connectivity index (χ1) is 9.08. The van der Waals surface area contributed by atoms with Crippen LogP contribution in [0.3, 0.4) is 0 Å². The molecule has 2 rings (SSSR count). The molecule has 0 unspecified atom stereocenters. The highest BCUT2D eigenvalue weighted by Crippen LogP contribution is 2.31. The summed E-state index contributed by atoms with van der Waals surface area (Å²) in [4.78, 5) is 12.5. The van der Waals surface area contributed by atoms with Crippen molar-refractivity contribution in [1.82, 2.24) is 0 Å². The van der Waals surface area contributed by atoms with E-state index in [0.29, 0.717) is 23.3 Å². The molecule has 1 aromatic carbocycles. The van der Waals surface area contributed by atoms with E-state index >= 15 is 0 Å². The predicted molar refractivity (Wildman–Crippen MR) is 77.6 cm³/mol. The van der Waals surface area contributed by atoms with E-state index in [2.05, 4.69) is 15.9 Å². The van der Waals surface area contributed by atoms with Crippen LogP contribution >= 0.6 is 15.9 Å². The minimum Gasteiger partial charge on any atom is -0.379 e. The van der Waals surface area contributed by atoms with Crippen LogP contribution in [-0.4, -0.2) is 31.7 Å². The summed E-state index contributed by atoms with van der Waals surface area (Å²) in [6, 6.07) is 5.09. The van der Waals surface area contributed by atoms with Gasteiger partial charge in [-0.15, -0.1) is 0 Å². The van der Waals surface area contributed by atoms with Gasteiger partial charge in [-0.25, -0.2) is 0 Å². The van der Waals surface area contributed by atoms with E-state index in [1.807, 2.05) is 18.0 Å². The van der Waals surface area contributed by atoms with Crippen LogP contribution in [0, 0.1) is 16.0 Å². The van der Waals surface area contributed by atoms with E-state index < -0.39 is 0 Å². The van der Waals surface area contributed by atoms with Crippen molar-refractivity contribution >= 4 is 27.3 Å². The summed E-state index contributed by atoms with van der Waals surface area (Å²) in [7, 11) is 1.84. The molecule has 0 bridgehead atoms. The minimum absolute atomic E-state index is 0.110. The second-order valence-corrected chi connectivity index (χ2v) is 5.75. The van der Waals surface area contributed by atoms with Crippen LogP contribution in [0.5, 0.6) is 0 Å². The molecule has 0 amide bonds. The predicted octanol–water partition coefficient (Wildman–Crippen LogP) is 3.22. The Labute approximate surface area is 120 Å². The summed E-state index contributed by atoms with van der Waals surface area (Å²) < 4.78 is 6.26. The van der Waals surface area contributed by atoms with Crippen molar-refractivity contribution in [2.24, 2.45) is 5.92 Å². The Morgan fingerprint density at radius 1 is 1.53 bits per heavy atom. The quantitative estimate of drug-likeness (QED) is 0.438. The molecular weight excluding hydrogens is 312 g/mol. The molecule has 1 fully saturated rings. The summed E-state index contributed by atoms with van der Waals surface area (Å²) in [5, 5.41) is 11.0. The maximum absolute atomic E-state index is 11.0. The Morgan fingerprint density at radius 3 is 2.89 bits per heavy atom. The maximum atomic E-state index is 11.0. The Morgan fingerprint density at radius 2 is 2.26 bits per heavy atom. The lowest BCUT2D eigenvalue weighted by atomic mass is 10.2. The molecule has 1 aliphatic carbocycles. The molecule has 1 aliphatic rings. The van der Waals surface area contributed by atoms with E-state index in [1.54, 1.807) is 6.07 Å². The van der Waals surface area contributed by atoms with Crippen molar-refractivity contribution in [3.05, 3.63) is 32.8 Å². The molecule has 0 aromatic heterocycles. The van der Waals surface area contributed by atoms with Gasteiger partial charge in [-0.2, -0.15) is 0 Å². The van der Waals surface area contributed by atoms with Gasteiger partial charge in [0, 0.05) is 30.7 Å². The number of nitro benzene ring substituents is 1. The molecular formula is C13H17BrN2O3. The number of anilines is 1. The zero-order chi connectivity index (χ0) is 13.8. The molecule has 104 valence electrons. The van der Waals surface area contributed by atoms with E-state index in [9.17, 15) is 10.1 Å². The second kappa shape index (κ2) is 6.34. The first-order valence-electron chi connectivity index (χ1n) is 6.30. The maximum Gasteiger partial charge on any atom is 0.293 e. The molecule has 5 nitrogen and oxygen atoms in total. The number of nitro groups is 1. The second-order valence-electron chi connectivity index (χ2n) is 4.83. The number of benzene rings is 1.